The molecule has 0 bridgehead atoms. The standard InChI is InChI=1S/C22H17Cl2N3O/c1-2-16-9-14(6-7-25-16)13-4-3-5-15(8-13)19-12-22(28)27-21-11-18(24)17(23)10-20(21)26-19/h3-11H,2,12H2,1H3,(H,27,28). The molecule has 6 heteroatoms. The van der Waals surface area contributed by atoms with Crippen LogP contribution in [0, 0.1) is 0 Å². The highest BCUT2D eigenvalue weighted by Crippen LogP contribution is 2.36. The smallest absolute Gasteiger partial charge is 0.230 e. The number of carbonyl (C=O) groups excluding carboxylic acids is 1. The number of hydrogen-bond donors (Lipinski definition) is 1. The van der Waals surface area contributed by atoms with E-state index in [0.29, 0.717) is 27.1 Å². The molecule has 0 atom stereocenters. The minimum absolute atomic E-state index is 0.140. The summed E-state index contributed by atoms with van der Waals surface area (Å²) in [7, 11) is 0. The van der Waals surface area contributed by atoms with Gasteiger partial charge in [0.2, 0.25) is 5.91 Å². The average Bonchev–Trinajstić information content (AvgIpc) is 2.86. The topological polar surface area (TPSA) is 54.4 Å². The SMILES string of the molecule is CCc1cc(-c2cccc(C3=Nc4cc(Cl)c(Cl)cc4NC(=O)C3)c2)ccn1. The van der Waals surface area contributed by atoms with Crippen LogP contribution in [0.2, 0.25) is 10.0 Å². The molecule has 2 heterocycles. The number of halogens is 2. The third-order valence-corrected chi connectivity index (χ3v) is 5.33. The van der Waals surface area contributed by atoms with Crippen molar-refractivity contribution in [3.05, 3.63) is 76.0 Å². The van der Waals surface area contributed by atoms with Crippen LogP contribution in [-0.4, -0.2) is 16.6 Å². The molecule has 0 unspecified atom stereocenters. The Morgan fingerprint density at radius 3 is 2.57 bits per heavy atom. The van der Waals surface area contributed by atoms with Crippen LogP contribution in [0.3, 0.4) is 0 Å². The van der Waals surface area contributed by atoms with Crippen LogP contribution in [0.5, 0.6) is 0 Å². The Morgan fingerprint density at radius 1 is 1.00 bits per heavy atom. The lowest BCUT2D eigenvalue weighted by molar-refractivity contribution is -0.115. The normalized spacial score (nSPS) is 13.4. The zero-order valence-corrected chi connectivity index (χ0v) is 16.7. The van der Waals surface area contributed by atoms with E-state index in [1.807, 2.05) is 36.5 Å². The molecule has 1 amide bonds. The third-order valence-electron chi connectivity index (χ3n) is 4.60. The van der Waals surface area contributed by atoms with E-state index in [1.54, 1.807) is 12.1 Å². The maximum absolute atomic E-state index is 12.4. The zero-order chi connectivity index (χ0) is 19.7. The highest BCUT2D eigenvalue weighted by molar-refractivity contribution is 6.42. The van der Waals surface area contributed by atoms with Gasteiger partial charge in [-0.05, 0) is 53.4 Å². The number of amides is 1. The molecule has 0 radical (unpaired) electrons. The summed E-state index contributed by atoms with van der Waals surface area (Å²) in [6, 6.07) is 15.4. The second-order valence-electron chi connectivity index (χ2n) is 6.54. The number of aryl methyl sites for hydroxylation is 1. The van der Waals surface area contributed by atoms with E-state index in [2.05, 4.69) is 23.3 Å². The Balaban J connectivity index is 1.78. The van der Waals surface area contributed by atoms with Gasteiger partial charge in [0, 0.05) is 11.9 Å². The van der Waals surface area contributed by atoms with Crippen molar-refractivity contribution < 1.29 is 4.79 Å². The molecule has 0 aliphatic carbocycles. The lowest BCUT2D eigenvalue weighted by Crippen LogP contribution is -2.15. The Hall–Kier alpha value is -2.69. The number of fused-ring (bicyclic) bond motifs is 1. The number of pyridine rings is 1. The summed E-state index contributed by atoms with van der Waals surface area (Å²) in [5, 5.41) is 3.63. The van der Waals surface area contributed by atoms with Crippen molar-refractivity contribution in [1.29, 1.82) is 0 Å². The molecule has 4 nitrogen and oxygen atoms in total. The van der Waals surface area contributed by atoms with Gasteiger partial charge in [-0.15, -0.1) is 0 Å². The largest absolute Gasteiger partial charge is 0.324 e. The van der Waals surface area contributed by atoms with Crippen molar-refractivity contribution in [2.75, 3.05) is 5.32 Å². The second kappa shape index (κ2) is 7.74. The van der Waals surface area contributed by atoms with Crippen molar-refractivity contribution in [3.8, 4) is 11.1 Å². The van der Waals surface area contributed by atoms with E-state index in [0.717, 1.165) is 28.8 Å². The fraction of sp³-hybridized carbons (Fsp3) is 0.136. The Bertz CT molecular complexity index is 1110. The van der Waals surface area contributed by atoms with Gasteiger partial charge in [0.1, 0.15) is 0 Å². The maximum Gasteiger partial charge on any atom is 0.230 e. The molecule has 1 N–H and O–H groups in total. The number of nitrogens with one attached hydrogen (secondary N) is 1. The van der Waals surface area contributed by atoms with E-state index < -0.39 is 0 Å². The highest BCUT2D eigenvalue weighted by Gasteiger charge is 2.19. The van der Waals surface area contributed by atoms with E-state index >= 15 is 0 Å². The van der Waals surface area contributed by atoms with E-state index in [-0.39, 0.29) is 12.3 Å². The number of anilines is 1. The first-order valence-corrected chi connectivity index (χ1v) is 9.71. The first kappa shape index (κ1) is 18.7. The van der Waals surface area contributed by atoms with Crippen LogP contribution in [0.4, 0.5) is 11.4 Å². The third kappa shape index (κ3) is 3.79. The van der Waals surface area contributed by atoms with Gasteiger partial charge >= 0.3 is 0 Å². The monoisotopic (exact) mass is 409 g/mol. The van der Waals surface area contributed by atoms with Crippen molar-refractivity contribution in [1.82, 2.24) is 4.98 Å². The molecule has 1 aliphatic rings. The average molecular weight is 410 g/mol. The van der Waals surface area contributed by atoms with Crippen molar-refractivity contribution in [2.45, 2.75) is 19.8 Å². The molecule has 1 aliphatic heterocycles. The summed E-state index contributed by atoms with van der Waals surface area (Å²) < 4.78 is 0. The predicted molar refractivity (Wildman–Crippen MR) is 115 cm³/mol. The van der Waals surface area contributed by atoms with Crippen LogP contribution >= 0.6 is 23.2 Å². The quantitative estimate of drug-likeness (QED) is 0.569. The van der Waals surface area contributed by atoms with Gasteiger partial charge in [-0.25, -0.2) is 0 Å². The molecule has 0 spiro atoms. The predicted octanol–water partition coefficient (Wildman–Crippen LogP) is 6.08. The zero-order valence-electron chi connectivity index (χ0n) is 15.2. The first-order chi connectivity index (χ1) is 13.5. The lowest BCUT2D eigenvalue weighted by Gasteiger charge is -2.08. The molecular formula is C22H17Cl2N3O. The summed E-state index contributed by atoms with van der Waals surface area (Å²) >= 11 is 12.2. The molecule has 3 aromatic rings. The summed E-state index contributed by atoms with van der Waals surface area (Å²) in [6.07, 6.45) is 2.86. The summed E-state index contributed by atoms with van der Waals surface area (Å²) in [4.78, 5) is 21.5. The highest BCUT2D eigenvalue weighted by atomic mass is 35.5. The minimum Gasteiger partial charge on any atom is -0.324 e. The van der Waals surface area contributed by atoms with E-state index in [4.69, 9.17) is 28.2 Å². The molecule has 2 aromatic carbocycles. The lowest BCUT2D eigenvalue weighted by atomic mass is 9.99. The van der Waals surface area contributed by atoms with Gasteiger partial charge < -0.3 is 5.32 Å². The van der Waals surface area contributed by atoms with Crippen LogP contribution in [-0.2, 0) is 11.2 Å². The van der Waals surface area contributed by atoms with Crippen LogP contribution in [0.1, 0.15) is 24.6 Å². The van der Waals surface area contributed by atoms with Crippen molar-refractivity contribution >= 4 is 46.2 Å². The Kier molecular flexibility index (Phi) is 5.16. The molecule has 140 valence electrons. The number of aliphatic imine (C=N–C) groups is 1. The Labute approximate surface area is 173 Å². The second-order valence-corrected chi connectivity index (χ2v) is 7.35. The fourth-order valence-electron chi connectivity index (χ4n) is 3.16. The van der Waals surface area contributed by atoms with Crippen LogP contribution in [0.15, 0.2) is 59.7 Å². The fourth-order valence-corrected chi connectivity index (χ4v) is 3.48. The molecule has 0 fully saturated rings. The number of benzene rings is 2. The number of nitrogens with zero attached hydrogens (tertiary/aromatic N) is 2. The van der Waals surface area contributed by atoms with Crippen molar-refractivity contribution in [2.24, 2.45) is 4.99 Å². The molecule has 0 saturated carbocycles. The molecule has 0 saturated heterocycles. The van der Waals surface area contributed by atoms with Crippen LogP contribution in [0.25, 0.3) is 11.1 Å². The summed E-state index contributed by atoms with van der Waals surface area (Å²) in [5.41, 5.74) is 5.90. The summed E-state index contributed by atoms with van der Waals surface area (Å²) in [5.74, 6) is -0.140. The molecule has 4 rings (SSSR count). The first-order valence-electron chi connectivity index (χ1n) is 8.95. The van der Waals surface area contributed by atoms with E-state index in [9.17, 15) is 4.79 Å². The number of rotatable bonds is 3. The van der Waals surface area contributed by atoms with Gasteiger partial charge in [-0.3, -0.25) is 14.8 Å². The number of carbonyl (C=O) groups is 1. The number of aromatic nitrogens is 1. The molecule has 1 aromatic heterocycles. The van der Waals surface area contributed by atoms with E-state index in [1.165, 1.54) is 0 Å². The van der Waals surface area contributed by atoms with Gasteiger partial charge in [0.25, 0.3) is 0 Å². The van der Waals surface area contributed by atoms with Gasteiger partial charge in [0.15, 0.2) is 0 Å². The molecule has 28 heavy (non-hydrogen) atoms. The minimum atomic E-state index is -0.140. The van der Waals surface area contributed by atoms with Crippen molar-refractivity contribution in [3.63, 3.8) is 0 Å². The van der Waals surface area contributed by atoms with Gasteiger partial charge in [0.05, 0.1) is 33.6 Å². The summed E-state index contributed by atoms with van der Waals surface area (Å²) in [6.45, 7) is 2.08. The number of hydrogen-bond acceptors (Lipinski definition) is 3. The van der Waals surface area contributed by atoms with Crippen LogP contribution < -0.4 is 5.32 Å². The molecular weight excluding hydrogens is 393 g/mol. The Morgan fingerprint density at radius 2 is 1.75 bits per heavy atom. The maximum atomic E-state index is 12.4. The van der Waals surface area contributed by atoms with Gasteiger partial charge in [-0.1, -0.05) is 48.3 Å². The van der Waals surface area contributed by atoms with Gasteiger partial charge in [-0.2, -0.15) is 0 Å².